The Bertz CT molecular complexity index is 335. The zero-order valence-electron chi connectivity index (χ0n) is 10.4. The smallest absolute Gasteiger partial charge is 0.325 e. The summed E-state index contributed by atoms with van der Waals surface area (Å²) in [7, 11) is -1.68. The number of ether oxygens (including phenoxy) is 2. The topological polar surface area (TPSA) is 113 Å². The van der Waals surface area contributed by atoms with E-state index in [9.17, 15) is 13.2 Å². The van der Waals surface area contributed by atoms with Crippen molar-refractivity contribution in [3.8, 4) is 0 Å². The summed E-state index contributed by atoms with van der Waals surface area (Å²) in [6, 6.07) is 0. The second-order valence-electron chi connectivity index (χ2n) is 3.63. The molecule has 0 bridgehead atoms. The van der Waals surface area contributed by atoms with Crippen molar-refractivity contribution in [2.24, 2.45) is 0 Å². The number of hydrogen-bond acceptors (Lipinski definition) is 6. The number of carbonyl (C=O) groups is 1. The molecule has 0 amide bonds. The highest BCUT2D eigenvalue weighted by Crippen LogP contribution is 2.03. The van der Waals surface area contributed by atoms with Crippen LogP contribution in [0.15, 0.2) is 0 Å². The van der Waals surface area contributed by atoms with E-state index in [2.05, 4.69) is 0 Å². The number of nitrogens with zero attached hydrogens (tertiary/aromatic N) is 1. The van der Waals surface area contributed by atoms with Crippen LogP contribution in [0.2, 0.25) is 0 Å². The first-order valence-corrected chi connectivity index (χ1v) is 6.72. The fraction of sp³-hybridized carbons (Fsp3) is 0.889. The minimum atomic E-state index is -4.63. The van der Waals surface area contributed by atoms with Gasteiger partial charge in [0.25, 0.3) is 10.1 Å². The van der Waals surface area contributed by atoms with E-state index in [1.165, 1.54) is 14.2 Å². The standard InChI is InChI=1S/C9H19NO7S/c1-16-5-3-10(4-6-17-2)7-8(9(11)12)18(13,14)15/h8H,3-7H2,1-2H3,(H,11,12)(H,13,14,15). The molecule has 0 aliphatic rings. The average molecular weight is 285 g/mol. The van der Waals surface area contributed by atoms with Gasteiger partial charge in [-0.3, -0.25) is 14.2 Å². The summed E-state index contributed by atoms with van der Waals surface area (Å²) >= 11 is 0. The molecular weight excluding hydrogens is 266 g/mol. The van der Waals surface area contributed by atoms with Crippen LogP contribution in [-0.4, -0.2) is 81.3 Å². The molecule has 0 saturated heterocycles. The van der Waals surface area contributed by atoms with E-state index in [4.69, 9.17) is 19.1 Å². The zero-order chi connectivity index (χ0) is 14.2. The van der Waals surface area contributed by atoms with Crippen LogP contribution in [0.5, 0.6) is 0 Å². The van der Waals surface area contributed by atoms with Crippen molar-refractivity contribution in [1.29, 1.82) is 0 Å². The SMILES string of the molecule is COCCN(CCOC)CC(C(=O)O)S(=O)(=O)O. The first-order valence-electron chi connectivity index (χ1n) is 5.22. The summed E-state index contributed by atoms with van der Waals surface area (Å²) in [5.74, 6) is -1.59. The van der Waals surface area contributed by atoms with E-state index < -0.39 is 21.3 Å². The molecule has 1 atom stereocenters. The Labute approximate surface area is 106 Å². The summed E-state index contributed by atoms with van der Waals surface area (Å²) in [6.45, 7) is 1.02. The minimum absolute atomic E-state index is 0.319. The zero-order valence-corrected chi connectivity index (χ0v) is 11.2. The molecule has 0 radical (unpaired) electrons. The summed E-state index contributed by atoms with van der Waals surface area (Å²) in [5, 5.41) is 6.91. The Hall–Kier alpha value is -0.740. The van der Waals surface area contributed by atoms with Crippen LogP contribution in [0.25, 0.3) is 0 Å². The molecule has 0 aromatic rings. The highest BCUT2D eigenvalue weighted by molar-refractivity contribution is 7.87. The normalized spacial score (nSPS) is 13.8. The van der Waals surface area contributed by atoms with E-state index in [-0.39, 0.29) is 6.54 Å². The number of carboxylic acids is 1. The van der Waals surface area contributed by atoms with Crippen molar-refractivity contribution < 1.29 is 32.3 Å². The monoisotopic (exact) mass is 285 g/mol. The number of carboxylic acid groups (broad SMARTS) is 1. The molecule has 108 valence electrons. The Kier molecular flexibility index (Phi) is 8.03. The fourth-order valence-electron chi connectivity index (χ4n) is 1.27. The van der Waals surface area contributed by atoms with E-state index >= 15 is 0 Å². The van der Waals surface area contributed by atoms with Gasteiger partial charge in [-0.05, 0) is 0 Å². The van der Waals surface area contributed by atoms with E-state index in [0.717, 1.165) is 0 Å². The maximum Gasteiger partial charge on any atom is 0.325 e. The number of hydrogen-bond donors (Lipinski definition) is 2. The lowest BCUT2D eigenvalue weighted by Gasteiger charge is -2.23. The van der Waals surface area contributed by atoms with Crippen LogP contribution in [0.4, 0.5) is 0 Å². The minimum Gasteiger partial charge on any atom is -0.480 e. The lowest BCUT2D eigenvalue weighted by molar-refractivity contribution is -0.137. The largest absolute Gasteiger partial charge is 0.480 e. The van der Waals surface area contributed by atoms with Gasteiger partial charge in [-0.2, -0.15) is 8.42 Å². The summed E-state index contributed by atoms with van der Waals surface area (Å²) in [4.78, 5) is 12.3. The third kappa shape index (κ3) is 6.87. The molecule has 0 saturated carbocycles. The molecule has 18 heavy (non-hydrogen) atoms. The molecule has 9 heteroatoms. The Morgan fingerprint density at radius 2 is 1.67 bits per heavy atom. The third-order valence-corrected chi connectivity index (χ3v) is 3.35. The number of rotatable bonds is 10. The van der Waals surface area contributed by atoms with Crippen molar-refractivity contribution in [2.75, 3.05) is 47.1 Å². The van der Waals surface area contributed by atoms with Crippen molar-refractivity contribution in [3.63, 3.8) is 0 Å². The fourth-order valence-corrected chi connectivity index (χ4v) is 1.92. The molecule has 0 aliphatic carbocycles. The van der Waals surface area contributed by atoms with Gasteiger partial charge in [-0.1, -0.05) is 0 Å². The van der Waals surface area contributed by atoms with Crippen LogP contribution in [0, 0.1) is 0 Å². The lowest BCUT2D eigenvalue weighted by Crippen LogP contribution is -2.44. The van der Waals surface area contributed by atoms with Gasteiger partial charge in [0.15, 0.2) is 5.25 Å². The van der Waals surface area contributed by atoms with Gasteiger partial charge in [0.1, 0.15) is 0 Å². The highest BCUT2D eigenvalue weighted by Gasteiger charge is 2.32. The molecule has 8 nitrogen and oxygen atoms in total. The van der Waals surface area contributed by atoms with Gasteiger partial charge in [-0.15, -0.1) is 0 Å². The van der Waals surface area contributed by atoms with Gasteiger partial charge in [0.2, 0.25) is 0 Å². The van der Waals surface area contributed by atoms with Crippen molar-refractivity contribution in [2.45, 2.75) is 5.25 Å². The lowest BCUT2D eigenvalue weighted by atomic mass is 10.3. The van der Waals surface area contributed by atoms with Crippen molar-refractivity contribution in [1.82, 2.24) is 4.90 Å². The molecule has 0 heterocycles. The van der Waals surface area contributed by atoms with Gasteiger partial charge in [0, 0.05) is 33.9 Å². The number of aliphatic carboxylic acids is 1. The third-order valence-electron chi connectivity index (χ3n) is 2.28. The summed E-state index contributed by atoms with van der Waals surface area (Å²) in [6.07, 6.45) is 0. The van der Waals surface area contributed by atoms with Crippen LogP contribution in [0.3, 0.4) is 0 Å². The van der Waals surface area contributed by atoms with Gasteiger partial charge < -0.3 is 14.6 Å². The van der Waals surface area contributed by atoms with Crippen molar-refractivity contribution in [3.05, 3.63) is 0 Å². The Balaban J connectivity index is 4.63. The molecule has 0 aromatic carbocycles. The molecule has 0 aliphatic heterocycles. The van der Waals surface area contributed by atoms with Crippen LogP contribution in [0.1, 0.15) is 0 Å². The maximum absolute atomic E-state index is 10.9. The molecule has 0 rings (SSSR count). The molecule has 2 N–H and O–H groups in total. The van der Waals surface area contributed by atoms with Crippen LogP contribution in [-0.2, 0) is 24.4 Å². The second kappa shape index (κ2) is 8.38. The van der Waals surface area contributed by atoms with Gasteiger partial charge in [-0.25, -0.2) is 0 Å². The quantitative estimate of drug-likeness (QED) is 0.487. The van der Waals surface area contributed by atoms with Gasteiger partial charge >= 0.3 is 5.97 Å². The van der Waals surface area contributed by atoms with Gasteiger partial charge in [0.05, 0.1) is 13.2 Å². The number of methoxy groups -OCH3 is 2. The van der Waals surface area contributed by atoms with Crippen molar-refractivity contribution >= 4 is 16.1 Å². The molecular formula is C9H19NO7S. The Morgan fingerprint density at radius 1 is 1.22 bits per heavy atom. The predicted octanol–water partition coefficient (Wildman–Crippen LogP) is -1.08. The molecule has 0 spiro atoms. The van der Waals surface area contributed by atoms with Crippen LogP contribution < -0.4 is 0 Å². The predicted molar refractivity (Wildman–Crippen MR) is 63.2 cm³/mol. The van der Waals surface area contributed by atoms with E-state index in [0.29, 0.717) is 26.3 Å². The second-order valence-corrected chi connectivity index (χ2v) is 5.23. The molecule has 0 fully saturated rings. The van der Waals surface area contributed by atoms with Crippen LogP contribution >= 0.6 is 0 Å². The highest BCUT2D eigenvalue weighted by atomic mass is 32.2. The maximum atomic E-state index is 10.9. The average Bonchev–Trinajstić information content (AvgIpc) is 2.25. The van der Waals surface area contributed by atoms with E-state index in [1.807, 2.05) is 0 Å². The summed E-state index contributed by atoms with van der Waals surface area (Å²) in [5.41, 5.74) is 0. The Morgan fingerprint density at radius 3 is 1.94 bits per heavy atom. The van der Waals surface area contributed by atoms with E-state index in [1.54, 1.807) is 4.90 Å². The molecule has 0 aromatic heterocycles. The first kappa shape index (κ1) is 17.3. The first-order chi connectivity index (χ1) is 8.32. The summed E-state index contributed by atoms with van der Waals surface area (Å²) < 4.78 is 40.4. The molecule has 1 unspecified atom stereocenters.